The molecule has 84 valence electrons. The Labute approximate surface area is 83.9 Å². The number of carboxylic acids is 1. The molecule has 0 aliphatic rings. The summed E-state index contributed by atoms with van der Waals surface area (Å²) in [7, 11) is -2.45. The van der Waals surface area contributed by atoms with Gasteiger partial charge in [-0.1, -0.05) is 19.8 Å². The van der Waals surface area contributed by atoms with E-state index in [4.69, 9.17) is 5.11 Å². The van der Waals surface area contributed by atoms with E-state index in [0.29, 0.717) is 12.8 Å². The molecule has 7 heteroatoms. The normalized spacial score (nSPS) is 13.9. The minimum Gasteiger partial charge on any atom is -0.480 e. The Bertz CT molecular complexity index is 275. The van der Waals surface area contributed by atoms with Crippen LogP contribution in [0.4, 0.5) is 0 Å². The highest BCUT2D eigenvalue weighted by molar-refractivity contribution is 7.87. The lowest BCUT2D eigenvalue weighted by molar-refractivity contribution is -0.139. The van der Waals surface area contributed by atoms with Gasteiger partial charge in [0.2, 0.25) is 0 Å². The molecule has 0 saturated carbocycles. The second kappa shape index (κ2) is 5.94. The third-order valence-electron chi connectivity index (χ3n) is 1.71. The van der Waals surface area contributed by atoms with Gasteiger partial charge in [-0.2, -0.15) is 13.1 Å². The highest BCUT2D eigenvalue weighted by Gasteiger charge is 2.21. The molecule has 14 heavy (non-hydrogen) atoms. The first-order valence-electron chi connectivity index (χ1n) is 4.36. The van der Waals surface area contributed by atoms with Gasteiger partial charge in [-0.25, -0.2) is 4.72 Å². The predicted molar refractivity (Wildman–Crippen MR) is 52.1 cm³/mol. The Morgan fingerprint density at radius 1 is 1.50 bits per heavy atom. The third-order valence-corrected chi connectivity index (χ3v) is 2.84. The molecule has 0 heterocycles. The highest BCUT2D eigenvalue weighted by Crippen LogP contribution is 2.01. The molecule has 0 aliphatic heterocycles. The maximum Gasteiger partial charge on any atom is 0.321 e. The van der Waals surface area contributed by atoms with E-state index in [9.17, 15) is 13.2 Å². The predicted octanol–water partition coefficient (Wildman–Crippen LogP) is -0.316. The van der Waals surface area contributed by atoms with Gasteiger partial charge in [0, 0.05) is 7.05 Å². The van der Waals surface area contributed by atoms with Crippen LogP contribution in [0.5, 0.6) is 0 Å². The van der Waals surface area contributed by atoms with Gasteiger partial charge < -0.3 is 5.11 Å². The minimum atomic E-state index is -3.67. The van der Waals surface area contributed by atoms with Crippen LogP contribution >= 0.6 is 0 Å². The summed E-state index contributed by atoms with van der Waals surface area (Å²) in [5, 5.41) is 8.70. The van der Waals surface area contributed by atoms with Gasteiger partial charge in [0.15, 0.2) is 0 Å². The van der Waals surface area contributed by atoms with Gasteiger partial charge >= 0.3 is 5.97 Å². The molecule has 0 unspecified atom stereocenters. The first-order chi connectivity index (χ1) is 6.43. The molecule has 0 aromatic rings. The SMILES string of the molecule is CCCC[C@H](NS(=O)(=O)NC)C(=O)O. The van der Waals surface area contributed by atoms with E-state index in [2.05, 4.69) is 0 Å². The van der Waals surface area contributed by atoms with Crippen LogP contribution < -0.4 is 9.44 Å². The largest absolute Gasteiger partial charge is 0.480 e. The number of nitrogens with one attached hydrogen (secondary N) is 2. The maximum absolute atomic E-state index is 11.0. The summed E-state index contributed by atoms with van der Waals surface area (Å²) in [6.07, 6.45) is 1.79. The van der Waals surface area contributed by atoms with Gasteiger partial charge in [-0.05, 0) is 6.42 Å². The van der Waals surface area contributed by atoms with E-state index in [0.717, 1.165) is 6.42 Å². The second-order valence-electron chi connectivity index (χ2n) is 2.86. The van der Waals surface area contributed by atoms with Crippen LogP contribution in [0.2, 0.25) is 0 Å². The summed E-state index contributed by atoms with van der Waals surface area (Å²) in [5.74, 6) is -1.16. The van der Waals surface area contributed by atoms with Crippen LogP contribution in [0.3, 0.4) is 0 Å². The fraction of sp³-hybridized carbons (Fsp3) is 0.857. The van der Waals surface area contributed by atoms with Crippen molar-refractivity contribution in [2.75, 3.05) is 7.05 Å². The minimum absolute atomic E-state index is 0.298. The van der Waals surface area contributed by atoms with E-state index in [1.54, 1.807) is 0 Å². The number of rotatable bonds is 7. The van der Waals surface area contributed by atoms with Crippen LogP contribution in [-0.2, 0) is 15.0 Å². The number of aliphatic carboxylic acids is 1. The summed E-state index contributed by atoms with van der Waals surface area (Å²) in [4.78, 5) is 10.6. The monoisotopic (exact) mass is 224 g/mol. The van der Waals surface area contributed by atoms with E-state index < -0.39 is 22.2 Å². The van der Waals surface area contributed by atoms with Gasteiger partial charge in [0.25, 0.3) is 10.2 Å². The Kier molecular flexibility index (Phi) is 5.66. The molecule has 0 amide bonds. The zero-order chi connectivity index (χ0) is 11.2. The molecule has 0 rings (SSSR count). The van der Waals surface area contributed by atoms with Crippen molar-refractivity contribution >= 4 is 16.2 Å². The van der Waals surface area contributed by atoms with Crippen LogP contribution in [0.1, 0.15) is 26.2 Å². The molecule has 0 bridgehead atoms. The fourth-order valence-corrected chi connectivity index (χ4v) is 1.60. The van der Waals surface area contributed by atoms with Crippen LogP contribution in [-0.4, -0.2) is 32.6 Å². The number of hydrogen-bond acceptors (Lipinski definition) is 3. The van der Waals surface area contributed by atoms with E-state index in [1.165, 1.54) is 7.05 Å². The van der Waals surface area contributed by atoms with Crippen molar-refractivity contribution in [3.8, 4) is 0 Å². The van der Waals surface area contributed by atoms with Crippen molar-refractivity contribution in [2.24, 2.45) is 0 Å². The third kappa shape index (κ3) is 5.15. The Balaban J connectivity index is 4.31. The van der Waals surface area contributed by atoms with Crippen molar-refractivity contribution in [3.63, 3.8) is 0 Å². The highest BCUT2D eigenvalue weighted by atomic mass is 32.2. The van der Waals surface area contributed by atoms with E-state index >= 15 is 0 Å². The average Bonchev–Trinajstić information content (AvgIpc) is 2.12. The summed E-state index contributed by atoms with van der Waals surface area (Å²) in [6.45, 7) is 1.91. The molecule has 0 aromatic heterocycles. The van der Waals surface area contributed by atoms with Gasteiger partial charge in [-0.3, -0.25) is 4.79 Å². The standard InChI is InChI=1S/C7H16N2O4S/c1-3-4-5-6(7(10)11)9-14(12,13)8-2/h6,8-9H,3-5H2,1-2H3,(H,10,11)/t6-/m0/s1. The lowest BCUT2D eigenvalue weighted by Crippen LogP contribution is -2.45. The molecule has 0 spiro atoms. The number of carboxylic acid groups (broad SMARTS) is 1. The summed E-state index contributed by atoms with van der Waals surface area (Å²) < 4.78 is 26.0. The lowest BCUT2D eigenvalue weighted by Gasteiger charge is -2.13. The van der Waals surface area contributed by atoms with Gasteiger partial charge in [0.1, 0.15) is 6.04 Å². The first kappa shape index (κ1) is 13.3. The molecule has 0 fully saturated rings. The lowest BCUT2D eigenvalue weighted by atomic mass is 10.1. The maximum atomic E-state index is 11.0. The van der Waals surface area contributed by atoms with Crippen molar-refractivity contribution in [2.45, 2.75) is 32.2 Å². The van der Waals surface area contributed by atoms with Crippen molar-refractivity contribution in [3.05, 3.63) is 0 Å². The topological polar surface area (TPSA) is 95.5 Å². The smallest absolute Gasteiger partial charge is 0.321 e. The molecule has 3 N–H and O–H groups in total. The Morgan fingerprint density at radius 3 is 2.43 bits per heavy atom. The number of unbranched alkanes of at least 4 members (excludes halogenated alkanes) is 1. The molecule has 0 aromatic carbocycles. The van der Waals surface area contributed by atoms with Crippen molar-refractivity contribution < 1.29 is 18.3 Å². The average molecular weight is 224 g/mol. The number of carbonyl (C=O) groups is 1. The van der Waals surface area contributed by atoms with Crippen molar-refractivity contribution in [1.82, 2.24) is 9.44 Å². The van der Waals surface area contributed by atoms with Gasteiger partial charge in [-0.15, -0.1) is 0 Å². The zero-order valence-electron chi connectivity index (χ0n) is 8.28. The van der Waals surface area contributed by atoms with Crippen LogP contribution in [0.15, 0.2) is 0 Å². The molecule has 0 saturated heterocycles. The summed E-state index contributed by atoms with van der Waals surface area (Å²) in [5.41, 5.74) is 0. The zero-order valence-corrected chi connectivity index (χ0v) is 9.10. The quantitative estimate of drug-likeness (QED) is 0.552. The van der Waals surface area contributed by atoms with Gasteiger partial charge in [0.05, 0.1) is 0 Å². The molecular weight excluding hydrogens is 208 g/mol. The number of hydrogen-bond donors (Lipinski definition) is 3. The second-order valence-corrected chi connectivity index (χ2v) is 4.51. The Morgan fingerprint density at radius 2 is 2.07 bits per heavy atom. The molecule has 0 radical (unpaired) electrons. The first-order valence-corrected chi connectivity index (χ1v) is 5.85. The van der Waals surface area contributed by atoms with Crippen LogP contribution in [0.25, 0.3) is 0 Å². The van der Waals surface area contributed by atoms with E-state index in [1.807, 2.05) is 16.4 Å². The Hall–Kier alpha value is -0.660. The molecule has 0 aliphatic carbocycles. The van der Waals surface area contributed by atoms with E-state index in [-0.39, 0.29) is 0 Å². The molecular formula is C7H16N2O4S. The molecule has 1 atom stereocenters. The van der Waals surface area contributed by atoms with Crippen molar-refractivity contribution in [1.29, 1.82) is 0 Å². The molecule has 6 nitrogen and oxygen atoms in total. The fourth-order valence-electron chi connectivity index (χ4n) is 0.887. The summed E-state index contributed by atoms with van der Waals surface area (Å²) >= 11 is 0. The summed E-state index contributed by atoms with van der Waals surface area (Å²) in [6, 6.07) is -1.05. The van der Waals surface area contributed by atoms with Crippen LogP contribution in [0, 0.1) is 0 Å².